The standard InChI is InChI=1S/C26H46N2O7/c1-7-33-22(29)19-10-12-21(13-11-19)34-26(27-15-8-9-16-27,24(30)35-25(2,3)4)28-17-14-20(18-28)23(31-5)32-6/h19-21,23H,7-18H2,1-6H3/t19?,20-,21?,26?/m0/s1. The molecule has 3 rings (SSSR count). The summed E-state index contributed by atoms with van der Waals surface area (Å²) in [4.78, 5) is 30.6. The Kier molecular flexibility index (Phi) is 9.97. The van der Waals surface area contributed by atoms with Crippen molar-refractivity contribution in [2.45, 2.75) is 96.5 Å². The van der Waals surface area contributed by atoms with Crippen molar-refractivity contribution in [1.29, 1.82) is 0 Å². The van der Waals surface area contributed by atoms with E-state index in [4.69, 9.17) is 23.7 Å². The van der Waals surface area contributed by atoms with Gasteiger partial charge in [0.05, 0.1) is 18.6 Å². The minimum atomic E-state index is -1.30. The predicted molar refractivity (Wildman–Crippen MR) is 130 cm³/mol. The van der Waals surface area contributed by atoms with Gasteiger partial charge in [0.2, 0.25) is 0 Å². The first-order valence-electron chi connectivity index (χ1n) is 13.3. The fourth-order valence-corrected chi connectivity index (χ4v) is 5.69. The maximum Gasteiger partial charge on any atom is 0.371 e. The smallest absolute Gasteiger partial charge is 0.371 e. The summed E-state index contributed by atoms with van der Waals surface area (Å²) in [5.41, 5.74) is -0.645. The van der Waals surface area contributed by atoms with E-state index < -0.39 is 11.4 Å². The third kappa shape index (κ3) is 6.74. The van der Waals surface area contributed by atoms with E-state index in [2.05, 4.69) is 9.80 Å². The van der Waals surface area contributed by atoms with Crippen LogP contribution in [-0.4, -0.2) is 92.6 Å². The zero-order chi connectivity index (χ0) is 25.6. The fourth-order valence-electron chi connectivity index (χ4n) is 5.69. The van der Waals surface area contributed by atoms with Crippen molar-refractivity contribution >= 4 is 11.9 Å². The Morgan fingerprint density at radius 2 is 1.54 bits per heavy atom. The van der Waals surface area contributed by atoms with Crippen LogP contribution in [0.15, 0.2) is 0 Å². The Balaban J connectivity index is 1.87. The van der Waals surface area contributed by atoms with Crippen LogP contribution >= 0.6 is 0 Å². The minimum Gasteiger partial charge on any atom is -0.466 e. The molecule has 3 fully saturated rings. The molecule has 0 spiro atoms. The van der Waals surface area contributed by atoms with E-state index in [1.54, 1.807) is 14.2 Å². The van der Waals surface area contributed by atoms with Crippen molar-refractivity contribution in [3.05, 3.63) is 0 Å². The molecule has 202 valence electrons. The van der Waals surface area contributed by atoms with Crippen molar-refractivity contribution in [1.82, 2.24) is 9.80 Å². The van der Waals surface area contributed by atoms with Crippen molar-refractivity contribution in [3.63, 3.8) is 0 Å². The number of carbonyl (C=O) groups is 2. The normalized spacial score (nSPS) is 28.3. The summed E-state index contributed by atoms with van der Waals surface area (Å²) in [7, 11) is 3.30. The zero-order valence-electron chi connectivity index (χ0n) is 22.5. The van der Waals surface area contributed by atoms with Gasteiger partial charge < -0.3 is 23.7 Å². The Morgan fingerprint density at radius 3 is 2.09 bits per heavy atom. The van der Waals surface area contributed by atoms with Gasteiger partial charge in [0.15, 0.2) is 6.29 Å². The predicted octanol–water partition coefficient (Wildman–Crippen LogP) is 3.16. The second-order valence-electron chi connectivity index (χ2n) is 11.0. The summed E-state index contributed by atoms with van der Waals surface area (Å²) in [5.74, 6) is -1.76. The number of carbonyl (C=O) groups excluding carboxylic acids is 2. The van der Waals surface area contributed by atoms with Crippen LogP contribution in [0.5, 0.6) is 0 Å². The monoisotopic (exact) mass is 498 g/mol. The van der Waals surface area contributed by atoms with Gasteiger partial charge >= 0.3 is 11.9 Å². The molecule has 2 saturated heterocycles. The number of esters is 2. The van der Waals surface area contributed by atoms with Gasteiger partial charge in [-0.15, -0.1) is 0 Å². The van der Waals surface area contributed by atoms with E-state index >= 15 is 0 Å². The molecular formula is C26H46N2O7. The van der Waals surface area contributed by atoms with Gasteiger partial charge in [-0.05, 0) is 72.6 Å². The maximum atomic E-state index is 14.0. The second-order valence-corrected chi connectivity index (χ2v) is 11.0. The summed E-state index contributed by atoms with van der Waals surface area (Å²) in [6, 6.07) is 0. The summed E-state index contributed by atoms with van der Waals surface area (Å²) in [6.45, 7) is 10.7. The highest BCUT2D eigenvalue weighted by Crippen LogP contribution is 2.39. The molecule has 0 aromatic rings. The molecule has 35 heavy (non-hydrogen) atoms. The largest absolute Gasteiger partial charge is 0.466 e. The van der Waals surface area contributed by atoms with Crippen molar-refractivity contribution < 1.29 is 33.3 Å². The Bertz CT molecular complexity index is 694. The summed E-state index contributed by atoms with van der Waals surface area (Å²) in [6.07, 6.45) is 5.19. The van der Waals surface area contributed by atoms with Gasteiger partial charge in [-0.2, -0.15) is 0 Å². The molecule has 2 heterocycles. The minimum absolute atomic E-state index is 0.0992. The lowest BCUT2D eigenvalue weighted by molar-refractivity contribution is -0.275. The number of methoxy groups -OCH3 is 2. The van der Waals surface area contributed by atoms with Gasteiger partial charge in [0.25, 0.3) is 5.85 Å². The van der Waals surface area contributed by atoms with Gasteiger partial charge in [-0.25, -0.2) is 4.79 Å². The van der Waals surface area contributed by atoms with E-state index in [9.17, 15) is 9.59 Å². The third-order valence-corrected chi connectivity index (χ3v) is 7.33. The zero-order valence-corrected chi connectivity index (χ0v) is 22.5. The average Bonchev–Trinajstić information content (AvgIpc) is 3.51. The highest BCUT2D eigenvalue weighted by molar-refractivity contribution is 5.79. The van der Waals surface area contributed by atoms with E-state index in [-0.39, 0.29) is 36.2 Å². The van der Waals surface area contributed by atoms with E-state index in [1.165, 1.54) is 0 Å². The Hall–Kier alpha value is -1.26. The molecule has 0 aromatic heterocycles. The number of rotatable bonds is 10. The van der Waals surface area contributed by atoms with Crippen LogP contribution in [0.4, 0.5) is 0 Å². The number of ether oxygens (including phenoxy) is 5. The quantitative estimate of drug-likeness (QED) is 0.333. The molecule has 0 radical (unpaired) electrons. The van der Waals surface area contributed by atoms with Crippen LogP contribution in [0.2, 0.25) is 0 Å². The maximum absolute atomic E-state index is 14.0. The van der Waals surface area contributed by atoms with E-state index in [1.807, 2.05) is 27.7 Å². The second kappa shape index (κ2) is 12.3. The third-order valence-electron chi connectivity index (χ3n) is 7.33. The van der Waals surface area contributed by atoms with Crippen LogP contribution in [0, 0.1) is 11.8 Å². The molecule has 1 saturated carbocycles. The van der Waals surface area contributed by atoms with Crippen molar-refractivity contribution in [3.8, 4) is 0 Å². The molecule has 0 aromatic carbocycles. The molecular weight excluding hydrogens is 452 g/mol. The SMILES string of the molecule is CCOC(=O)C1CCC(OC(C(=O)OC(C)(C)C)(N2CCCC2)N2CC[C@H](C(OC)OC)C2)CC1. The molecule has 9 heteroatoms. The van der Waals surface area contributed by atoms with Crippen LogP contribution in [0.1, 0.15) is 72.6 Å². The fraction of sp³-hybridized carbons (Fsp3) is 0.923. The molecule has 0 N–H and O–H groups in total. The molecule has 1 unspecified atom stereocenters. The average molecular weight is 499 g/mol. The summed E-state index contributed by atoms with van der Waals surface area (Å²) in [5, 5.41) is 0. The molecule has 2 atom stereocenters. The van der Waals surface area contributed by atoms with Gasteiger partial charge in [-0.1, -0.05) is 0 Å². The molecule has 1 aliphatic carbocycles. The molecule has 9 nitrogen and oxygen atoms in total. The summed E-state index contributed by atoms with van der Waals surface area (Å²) < 4.78 is 29.2. The summed E-state index contributed by atoms with van der Waals surface area (Å²) >= 11 is 0. The first-order valence-corrected chi connectivity index (χ1v) is 13.3. The first-order chi connectivity index (χ1) is 16.6. The highest BCUT2D eigenvalue weighted by Gasteiger charge is 2.57. The first kappa shape index (κ1) is 28.3. The van der Waals surface area contributed by atoms with Crippen LogP contribution in [0.3, 0.4) is 0 Å². The van der Waals surface area contributed by atoms with Crippen LogP contribution in [-0.2, 0) is 33.3 Å². The lowest BCUT2D eigenvalue weighted by Crippen LogP contribution is -2.68. The van der Waals surface area contributed by atoms with E-state index in [0.29, 0.717) is 45.4 Å². The Morgan fingerprint density at radius 1 is 0.914 bits per heavy atom. The van der Waals surface area contributed by atoms with Crippen LogP contribution < -0.4 is 0 Å². The topological polar surface area (TPSA) is 86.8 Å². The van der Waals surface area contributed by atoms with Gasteiger partial charge in [0, 0.05) is 46.3 Å². The van der Waals surface area contributed by atoms with Gasteiger partial charge in [-0.3, -0.25) is 14.6 Å². The van der Waals surface area contributed by atoms with Gasteiger partial charge in [0.1, 0.15) is 5.60 Å². The lowest BCUT2D eigenvalue weighted by Gasteiger charge is -2.48. The number of hydrogen-bond donors (Lipinski definition) is 0. The Labute approximate surface area is 210 Å². The van der Waals surface area contributed by atoms with Crippen molar-refractivity contribution in [2.75, 3.05) is 47.0 Å². The van der Waals surface area contributed by atoms with Crippen molar-refractivity contribution in [2.24, 2.45) is 11.8 Å². The molecule has 2 aliphatic heterocycles. The number of nitrogens with zero attached hydrogens (tertiary/aromatic N) is 2. The molecule has 3 aliphatic rings. The van der Waals surface area contributed by atoms with Crippen LogP contribution in [0.25, 0.3) is 0 Å². The van der Waals surface area contributed by atoms with E-state index in [0.717, 1.165) is 32.4 Å². The lowest BCUT2D eigenvalue weighted by atomic mass is 9.87. The molecule has 0 amide bonds. The molecule has 0 bridgehead atoms. The number of likely N-dealkylation sites (tertiary alicyclic amines) is 2. The highest BCUT2D eigenvalue weighted by atomic mass is 16.7. The number of hydrogen-bond acceptors (Lipinski definition) is 9.